The van der Waals surface area contributed by atoms with Crippen LogP contribution in [0.4, 0.5) is 5.69 Å². The molecule has 0 radical (unpaired) electrons. The summed E-state index contributed by atoms with van der Waals surface area (Å²) >= 11 is 0. The number of hydrazine groups is 1. The Kier molecular flexibility index (Phi) is 12.1. The molecule has 0 aromatic heterocycles. The number of carbonyl (C=O) groups is 3. The summed E-state index contributed by atoms with van der Waals surface area (Å²) in [5.74, 6) is -0.0398. The molecule has 2 aromatic carbocycles. The molecule has 1 aliphatic rings. The zero-order valence-electron chi connectivity index (χ0n) is 25.5. The molecular formula is C34H48N4O3. The average molecular weight is 561 g/mol. The van der Waals surface area contributed by atoms with E-state index in [2.05, 4.69) is 49.2 Å². The van der Waals surface area contributed by atoms with Gasteiger partial charge in [-0.15, -0.1) is 0 Å². The predicted octanol–water partition coefficient (Wildman–Crippen LogP) is 6.92. The molecule has 1 atom stereocenters. The number of unbranched alkanes of at least 4 members (excludes halogenated alkanes) is 3. The van der Waals surface area contributed by atoms with Gasteiger partial charge in [0, 0.05) is 30.6 Å². The van der Waals surface area contributed by atoms with E-state index < -0.39 is 0 Å². The van der Waals surface area contributed by atoms with E-state index >= 15 is 0 Å². The monoisotopic (exact) mass is 560 g/mol. The number of hydrogen-bond donors (Lipinski definition) is 4. The Hall–Kier alpha value is -3.45. The molecule has 41 heavy (non-hydrogen) atoms. The van der Waals surface area contributed by atoms with Crippen molar-refractivity contribution >= 4 is 23.4 Å². The fourth-order valence-corrected chi connectivity index (χ4v) is 4.92. The van der Waals surface area contributed by atoms with Crippen LogP contribution in [0.15, 0.2) is 59.7 Å². The summed E-state index contributed by atoms with van der Waals surface area (Å²) in [6.07, 6.45) is 7.76. The molecule has 0 aliphatic heterocycles. The maximum atomic E-state index is 12.6. The van der Waals surface area contributed by atoms with Crippen LogP contribution in [-0.2, 0) is 9.59 Å². The lowest BCUT2D eigenvalue weighted by atomic mass is 9.82. The van der Waals surface area contributed by atoms with E-state index in [-0.39, 0.29) is 29.2 Å². The quantitative estimate of drug-likeness (QED) is 0.108. The zero-order valence-corrected chi connectivity index (χ0v) is 25.5. The standard InChI is InChI=1S/C34H48N4O3/c1-6-23-35-38-33(41)28-17-15-26(16-18-28)27-19-21-29(22-20-27)36-30(39)11-9-7-8-10-12-31(40)37-32(34(3,4)5)24(2)25-13-14-25/h15-22,32,35H,6-14,23H2,1-5H3,(H,36,39)(H,37,40)(H,38,41). The summed E-state index contributed by atoms with van der Waals surface area (Å²) in [6, 6.07) is 15.3. The van der Waals surface area contributed by atoms with Gasteiger partial charge in [-0.1, -0.05) is 75.9 Å². The molecule has 222 valence electrons. The third kappa shape index (κ3) is 10.8. The second-order valence-electron chi connectivity index (χ2n) is 12.2. The summed E-state index contributed by atoms with van der Waals surface area (Å²) in [7, 11) is 0. The first kappa shape index (κ1) is 32.1. The Morgan fingerprint density at radius 3 is 1.90 bits per heavy atom. The second kappa shape index (κ2) is 15.5. The molecule has 1 fully saturated rings. The predicted molar refractivity (Wildman–Crippen MR) is 167 cm³/mol. The molecule has 0 bridgehead atoms. The van der Waals surface area contributed by atoms with Crippen molar-refractivity contribution in [3.63, 3.8) is 0 Å². The van der Waals surface area contributed by atoms with Gasteiger partial charge in [0.1, 0.15) is 0 Å². The Labute approximate surface area is 245 Å². The summed E-state index contributed by atoms with van der Waals surface area (Å²) in [5.41, 5.74) is 11.8. The Morgan fingerprint density at radius 2 is 1.37 bits per heavy atom. The van der Waals surface area contributed by atoms with Gasteiger partial charge in [0.05, 0.1) is 6.04 Å². The van der Waals surface area contributed by atoms with Crippen LogP contribution in [0.5, 0.6) is 0 Å². The van der Waals surface area contributed by atoms with E-state index in [9.17, 15) is 14.4 Å². The number of hydrogen-bond acceptors (Lipinski definition) is 4. The molecule has 7 nitrogen and oxygen atoms in total. The van der Waals surface area contributed by atoms with E-state index in [0.717, 1.165) is 55.5 Å². The molecule has 1 aliphatic carbocycles. The molecule has 1 saturated carbocycles. The lowest BCUT2D eigenvalue weighted by Crippen LogP contribution is -2.44. The van der Waals surface area contributed by atoms with Crippen molar-refractivity contribution in [1.29, 1.82) is 0 Å². The van der Waals surface area contributed by atoms with Crippen LogP contribution in [-0.4, -0.2) is 30.3 Å². The Balaban J connectivity index is 1.33. The van der Waals surface area contributed by atoms with E-state index in [4.69, 9.17) is 0 Å². The lowest BCUT2D eigenvalue weighted by Gasteiger charge is -2.32. The molecule has 0 heterocycles. The Bertz CT molecular complexity index is 1190. The van der Waals surface area contributed by atoms with Crippen molar-refractivity contribution in [1.82, 2.24) is 16.2 Å². The fourth-order valence-electron chi connectivity index (χ4n) is 4.92. The molecule has 0 spiro atoms. The Morgan fingerprint density at radius 1 is 0.805 bits per heavy atom. The molecule has 2 aromatic rings. The zero-order chi connectivity index (χ0) is 29.8. The SMILES string of the molecule is CCCNNC(=O)c1ccc(-c2ccc(NC(=O)CCCCCCC(=O)NC(C(C)=C3CC3)C(C)(C)C)cc2)cc1. The minimum atomic E-state index is -0.157. The number of rotatable bonds is 15. The van der Waals surface area contributed by atoms with Gasteiger partial charge in [-0.3, -0.25) is 19.8 Å². The summed E-state index contributed by atoms with van der Waals surface area (Å²) < 4.78 is 0. The van der Waals surface area contributed by atoms with Gasteiger partial charge < -0.3 is 10.6 Å². The van der Waals surface area contributed by atoms with Crippen molar-refractivity contribution in [2.75, 3.05) is 11.9 Å². The first-order valence-electron chi connectivity index (χ1n) is 15.1. The maximum Gasteiger partial charge on any atom is 0.265 e. The van der Waals surface area contributed by atoms with Crippen LogP contribution in [0.2, 0.25) is 0 Å². The maximum absolute atomic E-state index is 12.6. The highest BCUT2D eigenvalue weighted by atomic mass is 16.2. The molecule has 7 heteroatoms. The van der Waals surface area contributed by atoms with E-state index in [1.54, 1.807) is 12.1 Å². The first-order chi connectivity index (χ1) is 19.6. The van der Waals surface area contributed by atoms with Crippen LogP contribution in [0.3, 0.4) is 0 Å². The van der Waals surface area contributed by atoms with Crippen LogP contribution >= 0.6 is 0 Å². The van der Waals surface area contributed by atoms with Gasteiger partial charge in [0.15, 0.2) is 0 Å². The van der Waals surface area contributed by atoms with Gasteiger partial charge in [-0.05, 0) is 79.8 Å². The van der Waals surface area contributed by atoms with Crippen molar-refractivity contribution in [3.05, 3.63) is 65.2 Å². The number of amides is 3. The lowest BCUT2D eigenvalue weighted by molar-refractivity contribution is -0.122. The normalized spacial score (nSPS) is 13.3. The number of benzene rings is 2. The summed E-state index contributed by atoms with van der Waals surface area (Å²) in [5, 5.41) is 6.24. The van der Waals surface area contributed by atoms with Crippen LogP contribution < -0.4 is 21.5 Å². The largest absolute Gasteiger partial charge is 0.349 e. The number of allylic oxidation sites excluding steroid dienone is 1. The van der Waals surface area contributed by atoms with E-state index in [1.807, 2.05) is 43.3 Å². The summed E-state index contributed by atoms with van der Waals surface area (Å²) in [6.45, 7) is 11.5. The van der Waals surface area contributed by atoms with E-state index in [1.165, 1.54) is 24.0 Å². The number of nitrogens with one attached hydrogen (secondary N) is 4. The van der Waals surface area contributed by atoms with Crippen LogP contribution in [0.1, 0.15) is 103 Å². The van der Waals surface area contributed by atoms with Gasteiger partial charge in [0.25, 0.3) is 5.91 Å². The topological polar surface area (TPSA) is 99.3 Å². The van der Waals surface area contributed by atoms with Crippen LogP contribution in [0, 0.1) is 5.41 Å². The number of carbonyl (C=O) groups excluding carboxylic acids is 3. The van der Waals surface area contributed by atoms with Crippen molar-refractivity contribution < 1.29 is 14.4 Å². The number of anilines is 1. The smallest absolute Gasteiger partial charge is 0.265 e. The van der Waals surface area contributed by atoms with Gasteiger partial charge in [0.2, 0.25) is 11.8 Å². The third-order valence-corrected chi connectivity index (χ3v) is 7.45. The molecule has 0 saturated heterocycles. The molecule has 3 rings (SSSR count). The highest BCUT2D eigenvalue weighted by Crippen LogP contribution is 2.37. The molecule has 1 unspecified atom stereocenters. The van der Waals surface area contributed by atoms with E-state index in [0.29, 0.717) is 18.4 Å². The van der Waals surface area contributed by atoms with Crippen LogP contribution in [0.25, 0.3) is 11.1 Å². The average Bonchev–Trinajstić information content (AvgIpc) is 3.79. The molecule has 4 N–H and O–H groups in total. The minimum Gasteiger partial charge on any atom is -0.349 e. The highest BCUT2D eigenvalue weighted by Gasteiger charge is 2.31. The fraction of sp³-hybridized carbons (Fsp3) is 0.500. The highest BCUT2D eigenvalue weighted by molar-refractivity contribution is 5.94. The van der Waals surface area contributed by atoms with Crippen molar-refractivity contribution in [2.45, 2.75) is 98.4 Å². The molecular weight excluding hydrogens is 512 g/mol. The van der Waals surface area contributed by atoms with Gasteiger partial charge in [-0.2, -0.15) is 0 Å². The van der Waals surface area contributed by atoms with Gasteiger partial charge in [-0.25, -0.2) is 5.43 Å². The van der Waals surface area contributed by atoms with Crippen molar-refractivity contribution in [3.8, 4) is 11.1 Å². The van der Waals surface area contributed by atoms with Gasteiger partial charge >= 0.3 is 0 Å². The minimum absolute atomic E-state index is 0.000466. The van der Waals surface area contributed by atoms with Crippen molar-refractivity contribution in [2.24, 2.45) is 5.41 Å². The third-order valence-electron chi connectivity index (χ3n) is 7.45. The second-order valence-corrected chi connectivity index (χ2v) is 12.2. The summed E-state index contributed by atoms with van der Waals surface area (Å²) in [4.78, 5) is 37.1. The molecule has 3 amide bonds. The first-order valence-corrected chi connectivity index (χ1v) is 15.1.